The molecule has 4 nitrogen and oxygen atoms in total. The Morgan fingerprint density at radius 3 is 2.68 bits per heavy atom. The molecule has 0 saturated carbocycles. The quantitative estimate of drug-likeness (QED) is 0.937. The summed E-state index contributed by atoms with van der Waals surface area (Å²) in [5.41, 5.74) is 1.56. The number of nitrogens with one attached hydrogen (secondary N) is 1. The van der Waals surface area contributed by atoms with Gasteiger partial charge in [-0.2, -0.15) is 0 Å². The Bertz CT molecular complexity index is 635. The molecule has 6 heteroatoms. The van der Waals surface area contributed by atoms with Crippen molar-refractivity contribution in [2.75, 3.05) is 18.4 Å². The summed E-state index contributed by atoms with van der Waals surface area (Å²) in [7, 11) is 0. The molecular weight excluding hydrogens is 301 g/mol. The zero-order valence-corrected chi connectivity index (χ0v) is 13.0. The van der Waals surface area contributed by atoms with E-state index in [0.29, 0.717) is 11.6 Å². The number of nitrogens with zero attached hydrogens (tertiary/aromatic N) is 2. The molecular formula is C16H18FN3OS. The number of rotatable bonds is 4. The third kappa shape index (κ3) is 3.82. The minimum absolute atomic E-state index is 0.151. The molecule has 116 valence electrons. The molecule has 1 aromatic heterocycles. The van der Waals surface area contributed by atoms with Gasteiger partial charge >= 0.3 is 0 Å². The minimum atomic E-state index is -0.266. The molecule has 0 bridgehead atoms. The van der Waals surface area contributed by atoms with Gasteiger partial charge < -0.3 is 10.2 Å². The zero-order chi connectivity index (χ0) is 15.4. The smallest absolute Gasteiger partial charge is 0.228 e. The fraction of sp³-hybridized carbons (Fsp3) is 0.375. The number of thiazole rings is 1. The van der Waals surface area contributed by atoms with E-state index < -0.39 is 0 Å². The third-order valence-corrected chi connectivity index (χ3v) is 4.49. The van der Waals surface area contributed by atoms with Gasteiger partial charge in [0.15, 0.2) is 5.13 Å². The van der Waals surface area contributed by atoms with E-state index >= 15 is 0 Å². The highest BCUT2D eigenvalue weighted by Gasteiger charge is 2.17. The number of hydrogen-bond donors (Lipinski definition) is 1. The number of likely N-dealkylation sites (tertiary alicyclic amines) is 1. The topological polar surface area (TPSA) is 45.2 Å². The summed E-state index contributed by atoms with van der Waals surface area (Å²) in [5.74, 6) is -0.115. The van der Waals surface area contributed by atoms with E-state index in [0.717, 1.165) is 37.3 Å². The van der Waals surface area contributed by atoms with Crippen LogP contribution in [-0.2, 0) is 11.2 Å². The second kappa shape index (κ2) is 6.87. The summed E-state index contributed by atoms with van der Waals surface area (Å²) in [6.45, 7) is 1.73. The second-order valence-corrected chi connectivity index (χ2v) is 6.25. The molecule has 0 radical (unpaired) electrons. The van der Waals surface area contributed by atoms with Crippen molar-refractivity contribution in [2.24, 2.45) is 0 Å². The lowest BCUT2D eigenvalue weighted by Gasteiger charge is -2.26. The maximum atomic E-state index is 12.9. The van der Waals surface area contributed by atoms with Gasteiger partial charge in [0.25, 0.3) is 0 Å². The molecule has 1 N–H and O–H groups in total. The average Bonchev–Trinajstić information content (AvgIpc) is 2.97. The van der Waals surface area contributed by atoms with Gasteiger partial charge in [0.05, 0.1) is 12.1 Å². The van der Waals surface area contributed by atoms with E-state index in [2.05, 4.69) is 10.3 Å². The van der Waals surface area contributed by atoms with Gasteiger partial charge in [-0.3, -0.25) is 4.79 Å². The molecule has 1 aliphatic rings. The average molecular weight is 319 g/mol. The van der Waals surface area contributed by atoms with Crippen LogP contribution < -0.4 is 5.32 Å². The van der Waals surface area contributed by atoms with Gasteiger partial charge in [-0.15, -0.1) is 11.3 Å². The standard InChI is InChI=1S/C16H18FN3OS/c17-12-4-6-13(7-5-12)18-16-19-14(11-22-16)10-15(21)20-8-2-1-3-9-20/h4-7,11H,1-3,8-10H2,(H,18,19). The first-order valence-electron chi connectivity index (χ1n) is 7.45. The van der Waals surface area contributed by atoms with Crippen LogP contribution in [0.25, 0.3) is 0 Å². The first kappa shape index (κ1) is 15.0. The Hall–Kier alpha value is -1.95. The van der Waals surface area contributed by atoms with Crippen LogP contribution in [0.4, 0.5) is 15.2 Å². The highest BCUT2D eigenvalue weighted by atomic mass is 32.1. The molecule has 1 aliphatic heterocycles. The van der Waals surface area contributed by atoms with E-state index in [-0.39, 0.29) is 11.7 Å². The number of hydrogen-bond acceptors (Lipinski definition) is 4. The predicted molar refractivity (Wildman–Crippen MR) is 85.9 cm³/mol. The van der Waals surface area contributed by atoms with Crippen LogP contribution in [0.2, 0.25) is 0 Å². The molecule has 3 rings (SSSR count). The van der Waals surface area contributed by atoms with Crippen LogP contribution in [-0.4, -0.2) is 28.9 Å². The van der Waals surface area contributed by atoms with Crippen LogP contribution in [0.3, 0.4) is 0 Å². The maximum absolute atomic E-state index is 12.9. The molecule has 1 amide bonds. The number of carbonyl (C=O) groups excluding carboxylic acids is 1. The number of anilines is 2. The van der Waals surface area contributed by atoms with Crippen LogP contribution in [0.15, 0.2) is 29.6 Å². The van der Waals surface area contributed by atoms with Crippen molar-refractivity contribution in [1.82, 2.24) is 9.88 Å². The molecule has 1 fully saturated rings. The molecule has 2 aromatic rings. The Labute approximate surface area is 133 Å². The Morgan fingerprint density at radius 2 is 1.95 bits per heavy atom. The third-order valence-electron chi connectivity index (χ3n) is 3.69. The molecule has 22 heavy (non-hydrogen) atoms. The highest BCUT2D eigenvalue weighted by molar-refractivity contribution is 7.13. The summed E-state index contributed by atoms with van der Waals surface area (Å²) >= 11 is 1.45. The molecule has 0 aliphatic carbocycles. The van der Waals surface area contributed by atoms with Gasteiger partial charge in [-0.05, 0) is 43.5 Å². The van der Waals surface area contributed by atoms with Crippen molar-refractivity contribution in [3.63, 3.8) is 0 Å². The number of carbonyl (C=O) groups is 1. The fourth-order valence-electron chi connectivity index (χ4n) is 2.51. The monoisotopic (exact) mass is 319 g/mol. The summed E-state index contributed by atoms with van der Waals surface area (Å²) in [6, 6.07) is 6.12. The van der Waals surface area contributed by atoms with Crippen molar-refractivity contribution >= 4 is 28.1 Å². The summed E-state index contributed by atoms with van der Waals surface area (Å²) in [6.07, 6.45) is 3.76. The van der Waals surface area contributed by atoms with Gasteiger partial charge in [0, 0.05) is 24.2 Å². The van der Waals surface area contributed by atoms with Crippen molar-refractivity contribution in [2.45, 2.75) is 25.7 Å². The molecule has 0 unspecified atom stereocenters. The Kier molecular flexibility index (Phi) is 4.68. The van der Waals surface area contributed by atoms with Crippen molar-refractivity contribution in [3.05, 3.63) is 41.2 Å². The second-order valence-electron chi connectivity index (χ2n) is 5.39. The number of aromatic nitrogens is 1. The van der Waals surface area contributed by atoms with Gasteiger partial charge in [-0.1, -0.05) is 0 Å². The Morgan fingerprint density at radius 1 is 1.23 bits per heavy atom. The van der Waals surface area contributed by atoms with Crippen molar-refractivity contribution < 1.29 is 9.18 Å². The SMILES string of the molecule is O=C(Cc1csc(Nc2ccc(F)cc2)n1)N1CCCCC1. The number of amides is 1. The van der Waals surface area contributed by atoms with E-state index in [1.165, 1.54) is 29.9 Å². The van der Waals surface area contributed by atoms with Gasteiger partial charge in [-0.25, -0.2) is 9.37 Å². The van der Waals surface area contributed by atoms with Gasteiger partial charge in [0.2, 0.25) is 5.91 Å². The lowest BCUT2D eigenvalue weighted by molar-refractivity contribution is -0.131. The van der Waals surface area contributed by atoms with E-state index in [1.807, 2.05) is 10.3 Å². The summed E-state index contributed by atoms with van der Waals surface area (Å²) in [4.78, 5) is 18.6. The van der Waals surface area contributed by atoms with Gasteiger partial charge in [0.1, 0.15) is 5.82 Å². The molecule has 2 heterocycles. The van der Waals surface area contributed by atoms with E-state index in [9.17, 15) is 9.18 Å². The van der Waals surface area contributed by atoms with Crippen LogP contribution in [0, 0.1) is 5.82 Å². The summed E-state index contributed by atoms with van der Waals surface area (Å²) < 4.78 is 12.9. The largest absolute Gasteiger partial charge is 0.342 e. The molecule has 1 aromatic carbocycles. The lowest BCUT2D eigenvalue weighted by Crippen LogP contribution is -2.36. The highest BCUT2D eigenvalue weighted by Crippen LogP contribution is 2.22. The number of piperidine rings is 1. The van der Waals surface area contributed by atoms with Crippen LogP contribution in [0.1, 0.15) is 25.0 Å². The minimum Gasteiger partial charge on any atom is -0.342 e. The van der Waals surface area contributed by atoms with Crippen molar-refractivity contribution in [3.8, 4) is 0 Å². The normalized spacial score (nSPS) is 14.9. The zero-order valence-electron chi connectivity index (χ0n) is 12.2. The molecule has 0 spiro atoms. The summed E-state index contributed by atoms with van der Waals surface area (Å²) in [5, 5.41) is 5.73. The number of benzene rings is 1. The van der Waals surface area contributed by atoms with Crippen molar-refractivity contribution in [1.29, 1.82) is 0 Å². The maximum Gasteiger partial charge on any atom is 0.228 e. The first-order chi connectivity index (χ1) is 10.7. The molecule has 1 saturated heterocycles. The number of halogens is 1. The predicted octanol–water partition coefficient (Wildman–Crippen LogP) is 3.58. The van der Waals surface area contributed by atoms with E-state index in [4.69, 9.17) is 0 Å². The molecule has 0 atom stereocenters. The lowest BCUT2D eigenvalue weighted by atomic mass is 10.1. The van der Waals surface area contributed by atoms with Crippen LogP contribution >= 0.6 is 11.3 Å². The Balaban J connectivity index is 1.58. The van der Waals surface area contributed by atoms with E-state index in [1.54, 1.807) is 12.1 Å². The fourth-order valence-corrected chi connectivity index (χ4v) is 3.24. The first-order valence-corrected chi connectivity index (χ1v) is 8.33. The van der Waals surface area contributed by atoms with Crippen LogP contribution in [0.5, 0.6) is 0 Å².